The Kier molecular flexibility index (Phi) is 5.51. The summed E-state index contributed by atoms with van der Waals surface area (Å²) in [6.07, 6.45) is 0.885. The molecule has 1 aliphatic rings. The average Bonchev–Trinajstić information content (AvgIpc) is 2.44. The standard InChI is InChI=1S/C16H23FN2OS/c1-4-8-18-15-13(6-5-7-14(15)17)16(20)19-9-11(2)21-12(3)10-19/h5-7,11-12,18H,4,8-10H2,1-3H3. The van der Waals surface area contributed by atoms with Crippen molar-refractivity contribution < 1.29 is 9.18 Å². The summed E-state index contributed by atoms with van der Waals surface area (Å²) in [5.41, 5.74) is 0.776. The van der Waals surface area contributed by atoms with Gasteiger partial charge in [0.15, 0.2) is 0 Å². The number of carbonyl (C=O) groups excluding carboxylic acids is 1. The fraction of sp³-hybridized carbons (Fsp3) is 0.562. The van der Waals surface area contributed by atoms with E-state index in [1.807, 2.05) is 23.6 Å². The normalized spacial score (nSPS) is 22.2. The number of benzene rings is 1. The fourth-order valence-corrected chi connectivity index (χ4v) is 3.97. The van der Waals surface area contributed by atoms with E-state index in [2.05, 4.69) is 19.2 Å². The van der Waals surface area contributed by atoms with Gasteiger partial charge < -0.3 is 10.2 Å². The third-order valence-corrected chi connectivity index (χ3v) is 4.73. The zero-order chi connectivity index (χ0) is 15.4. The van der Waals surface area contributed by atoms with Crippen molar-refractivity contribution in [1.29, 1.82) is 0 Å². The van der Waals surface area contributed by atoms with Crippen molar-refractivity contribution in [3.05, 3.63) is 29.6 Å². The Morgan fingerprint density at radius 2 is 2.05 bits per heavy atom. The van der Waals surface area contributed by atoms with Crippen LogP contribution in [0.5, 0.6) is 0 Å². The number of nitrogens with zero attached hydrogens (tertiary/aromatic N) is 1. The summed E-state index contributed by atoms with van der Waals surface area (Å²) in [6, 6.07) is 4.71. The molecule has 1 aliphatic heterocycles. The van der Waals surface area contributed by atoms with Crippen LogP contribution in [0.4, 0.5) is 10.1 Å². The van der Waals surface area contributed by atoms with Gasteiger partial charge >= 0.3 is 0 Å². The Morgan fingerprint density at radius 1 is 1.38 bits per heavy atom. The first-order chi connectivity index (χ1) is 10.0. The van der Waals surface area contributed by atoms with E-state index in [0.29, 0.717) is 28.3 Å². The summed E-state index contributed by atoms with van der Waals surface area (Å²) < 4.78 is 14.0. The molecule has 0 radical (unpaired) electrons. The summed E-state index contributed by atoms with van der Waals surface area (Å²) in [5.74, 6) is -0.436. The van der Waals surface area contributed by atoms with Gasteiger partial charge in [-0.3, -0.25) is 4.79 Å². The number of rotatable bonds is 4. The molecule has 1 amide bonds. The van der Waals surface area contributed by atoms with Crippen LogP contribution in [0, 0.1) is 5.82 Å². The van der Waals surface area contributed by atoms with Crippen LogP contribution in [0.2, 0.25) is 0 Å². The molecule has 21 heavy (non-hydrogen) atoms. The van der Waals surface area contributed by atoms with E-state index in [1.54, 1.807) is 12.1 Å². The first-order valence-electron chi connectivity index (χ1n) is 7.50. The number of hydrogen-bond donors (Lipinski definition) is 1. The molecule has 0 spiro atoms. The fourth-order valence-electron chi connectivity index (χ4n) is 2.65. The molecule has 1 saturated heterocycles. The second-order valence-corrected chi connectivity index (χ2v) is 7.44. The molecule has 1 fully saturated rings. The molecule has 3 nitrogen and oxygen atoms in total. The van der Waals surface area contributed by atoms with E-state index < -0.39 is 0 Å². The highest BCUT2D eigenvalue weighted by molar-refractivity contribution is 8.00. The van der Waals surface area contributed by atoms with Crippen molar-refractivity contribution in [3.8, 4) is 0 Å². The molecule has 1 aromatic carbocycles. The van der Waals surface area contributed by atoms with E-state index >= 15 is 0 Å². The lowest BCUT2D eigenvalue weighted by atomic mass is 10.1. The van der Waals surface area contributed by atoms with E-state index in [9.17, 15) is 9.18 Å². The zero-order valence-corrected chi connectivity index (χ0v) is 13.7. The van der Waals surface area contributed by atoms with E-state index in [-0.39, 0.29) is 11.7 Å². The quantitative estimate of drug-likeness (QED) is 0.922. The molecule has 1 aromatic rings. The average molecular weight is 310 g/mol. The molecule has 116 valence electrons. The number of hydrogen-bond acceptors (Lipinski definition) is 3. The van der Waals surface area contributed by atoms with Crippen LogP contribution >= 0.6 is 11.8 Å². The van der Waals surface area contributed by atoms with E-state index in [1.165, 1.54) is 6.07 Å². The smallest absolute Gasteiger partial charge is 0.256 e. The SMILES string of the molecule is CCCNc1c(F)cccc1C(=O)N1CC(C)SC(C)C1. The molecule has 0 aromatic heterocycles. The largest absolute Gasteiger partial charge is 0.382 e. The van der Waals surface area contributed by atoms with Crippen molar-refractivity contribution >= 4 is 23.4 Å². The predicted molar refractivity (Wildman–Crippen MR) is 87.6 cm³/mol. The number of para-hydroxylation sites is 1. The van der Waals surface area contributed by atoms with Crippen LogP contribution < -0.4 is 5.32 Å². The van der Waals surface area contributed by atoms with Gasteiger partial charge in [0.25, 0.3) is 5.91 Å². The Labute approximate surface area is 130 Å². The molecular formula is C16H23FN2OS. The van der Waals surface area contributed by atoms with Crippen molar-refractivity contribution in [1.82, 2.24) is 4.90 Å². The topological polar surface area (TPSA) is 32.3 Å². The molecule has 2 atom stereocenters. The first-order valence-corrected chi connectivity index (χ1v) is 8.44. The number of thioether (sulfide) groups is 1. The Balaban J connectivity index is 2.24. The summed E-state index contributed by atoms with van der Waals surface area (Å²) in [6.45, 7) is 8.37. The second kappa shape index (κ2) is 7.16. The Morgan fingerprint density at radius 3 is 2.67 bits per heavy atom. The minimum Gasteiger partial charge on any atom is -0.382 e. The van der Waals surface area contributed by atoms with Gasteiger partial charge in [0.1, 0.15) is 5.82 Å². The number of carbonyl (C=O) groups is 1. The van der Waals surface area contributed by atoms with E-state index in [4.69, 9.17) is 0 Å². The van der Waals surface area contributed by atoms with Crippen LogP contribution in [0.1, 0.15) is 37.6 Å². The zero-order valence-electron chi connectivity index (χ0n) is 12.9. The van der Waals surface area contributed by atoms with Crippen molar-refractivity contribution in [2.75, 3.05) is 25.0 Å². The number of anilines is 1. The number of nitrogens with one attached hydrogen (secondary N) is 1. The van der Waals surface area contributed by atoms with Gasteiger partial charge in [-0.25, -0.2) is 4.39 Å². The highest BCUT2D eigenvalue weighted by Crippen LogP contribution is 2.28. The summed E-state index contributed by atoms with van der Waals surface area (Å²) >= 11 is 1.90. The highest BCUT2D eigenvalue weighted by atomic mass is 32.2. The van der Waals surface area contributed by atoms with Crippen LogP contribution in [0.3, 0.4) is 0 Å². The third kappa shape index (κ3) is 3.90. The molecule has 1 N–H and O–H groups in total. The third-order valence-electron chi connectivity index (χ3n) is 3.50. The molecule has 2 rings (SSSR count). The minimum absolute atomic E-state index is 0.0768. The highest BCUT2D eigenvalue weighted by Gasteiger charge is 2.28. The van der Waals surface area contributed by atoms with Crippen molar-refractivity contribution in [2.24, 2.45) is 0 Å². The molecule has 5 heteroatoms. The monoisotopic (exact) mass is 310 g/mol. The maximum absolute atomic E-state index is 14.0. The molecular weight excluding hydrogens is 287 g/mol. The maximum Gasteiger partial charge on any atom is 0.256 e. The second-order valence-electron chi connectivity index (χ2n) is 5.56. The lowest BCUT2D eigenvalue weighted by Crippen LogP contribution is -2.44. The number of amides is 1. The van der Waals surface area contributed by atoms with Gasteiger partial charge in [-0.2, -0.15) is 11.8 Å². The Hall–Kier alpha value is -1.23. The van der Waals surface area contributed by atoms with Gasteiger partial charge in [-0.15, -0.1) is 0 Å². The summed E-state index contributed by atoms with van der Waals surface area (Å²) in [7, 11) is 0. The van der Waals surface area contributed by atoms with Crippen LogP contribution in [0.15, 0.2) is 18.2 Å². The first kappa shape index (κ1) is 16.1. The molecule has 1 heterocycles. The molecule has 0 saturated carbocycles. The number of halogens is 1. The molecule has 2 unspecified atom stereocenters. The molecule has 0 aliphatic carbocycles. The van der Waals surface area contributed by atoms with Crippen LogP contribution in [-0.2, 0) is 0 Å². The van der Waals surface area contributed by atoms with Crippen LogP contribution in [0.25, 0.3) is 0 Å². The predicted octanol–water partition coefficient (Wildman–Crippen LogP) is 3.61. The van der Waals surface area contributed by atoms with Gasteiger partial charge in [0.05, 0.1) is 11.3 Å². The van der Waals surface area contributed by atoms with Gasteiger partial charge in [-0.1, -0.05) is 26.8 Å². The maximum atomic E-state index is 14.0. The lowest BCUT2D eigenvalue weighted by molar-refractivity contribution is 0.0754. The van der Waals surface area contributed by atoms with Gasteiger partial charge in [0.2, 0.25) is 0 Å². The van der Waals surface area contributed by atoms with Crippen LogP contribution in [-0.4, -0.2) is 40.9 Å². The summed E-state index contributed by atoms with van der Waals surface area (Å²) in [5, 5.41) is 3.88. The van der Waals surface area contributed by atoms with E-state index in [0.717, 1.165) is 19.5 Å². The van der Waals surface area contributed by atoms with Crippen molar-refractivity contribution in [3.63, 3.8) is 0 Å². The minimum atomic E-state index is -0.359. The molecule has 0 bridgehead atoms. The Bertz CT molecular complexity index is 499. The lowest BCUT2D eigenvalue weighted by Gasteiger charge is -2.35. The van der Waals surface area contributed by atoms with Gasteiger partial charge in [-0.05, 0) is 18.6 Å². The van der Waals surface area contributed by atoms with Crippen molar-refractivity contribution in [2.45, 2.75) is 37.7 Å². The summed E-state index contributed by atoms with van der Waals surface area (Å²) in [4.78, 5) is 14.6. The van der Waals surface area contributed by atoms with Gasteiger partial charge in [0, 0.05) is 30.1 Å².